The number of rotatable bonds is 4. The SMILES string of the molecule is NC(=O)c1cc(C2CCN(C(=O)CC3CCCC3)CC2)[nH]n1. The maximum Gasteiger partial charge on any atom is 0.269 e. The normalized spacial score (nSPS) is 20.5. The van der Waals surface area contributed by atoms with E-state index in [1.807, 2.05) is 4.90 Å². The zero-order chi connectivity index (χ0) is 15.5. The summed E-state index contributed by atoms with van der Waals surface area (Å²) in [5.41, 5.74) is 6.46. The number of H-pyrrole nitrogens is 1. The van der Waals surface area contributed by atoms with Crippen molar-refractivity contribution in [1.29, 1.82) is 0 Å². The number of aromatic amines is 1. The molecule has 2 fully saturated rings. The molecule has 1 aliphatic heterocycles. The van der Waals surface area contributed by atoms with Crippen molar-refractivity contribution in [2.45, 2.75) is 50.9 Å². The summed E-state index contributed by atoms with van der Waals surface area (Å²) in [6.45, 7) is 1.59. The van der Waals surface area contributed by atoms with Crippen molar-refractivity contribution in [3.63, 3.8) is 0 Å². The van der Waals surface area contributed by atoms with Crippen molar-refractivity contribution in [1.82, 2.24) is 15.1 Å². The minimum atomic E-state index is -0.508. The summed E-state index contributed by atoms with van der Waals surface area (Å²) < 4.78 is 0. The number of carbonyl (C=O) groups excluding carboxylic acids is 2. The Hall–Kier alpha value is -1.85. The number of primary amides is 1. The predicted octanol–water partition coefficient (Wildman–Crippen LogP) is 1.79. The fraction of sp³-hybridized carbons (Fsp3) is 0.688. The second kappa shape index (κ2) is 6.50. The summed E-state index contributed by atoms with van der Waals surface area (Å²) in [7, 11) is 0. The van der Waals surface area contributed by atoms with Gasteiger partial charge in [-0.15, -0.1) is 0 Å². The number of nitrogens with one attached hydrogen (secondary N) is 1. The molecule has 1 saturated carbocycles. The van der Waals surface area contributed by atoms with Crippen LogP contribution in [0.4, 0.5) is 0 Å². The Labute approximate surface area is 130 Å². The van der Waals surface area contributed by atoms with Crippen molar-refractivity contribution in [3.05, 3.63) is 17.5 Å². The lowest BCUT2D eigenvalue weighted by atomic mass is 9.92. The van der Waals surface area contributed by atoms with E-state index in [-0.39, 0.29) is 5.69 Å². The molecule has 6 heteroatoms. The number of likely N-dealkylation sites (tertiary alicyclic amines) is 1. The van der Waals surface area contributed by atoms with E-state index >= 15 is 0 Å². The highest BCUT2D eigenvalue weighted by atomic mass is 16.2. The molecule has 2 amide bonds. The second-order valence-electron chi connectivity index (χ2n) is 6.58. The van der Waals surface area contributed by atoms with Gasteiger partial charge >= 0.3 is 0 Å². The van der Waals surface area contributed by atoms with E-state index in [9.17, 15) is 9.59 Å². The zero-order valence-electron chi connectivity index (χ0n) is 12.9. The number of amides is 2. The molecule has 0 atom stereocenters. The van der Waals surface area contributed by atoms with Gasteiger partial charge in [-0.3, -0.25) is 14.7 Å². The molecule has 0 aromatic carbocycles. The first-order valence-electron chi connectivity index (χ1n) is 8.26. The number of piperidine rings is 1. The number of nitrogens with zero attached hydrogens (tertiary/aromatic N) is 2. The van der Waals surface area contributed by atoms with Crippen molar-refractivity contribution >= 4 is 11.8 Å². The van der Waals surface area contributed by atoms with Gasteiger partial charge in [-0.1, -0.05) is 12.8 Å². The molecule has 1 aliphatic carbocycles. The van der Waals surface area contributed by atoms with Gasteiger partial charge in [0, 0.05) is 31.1 Å². The summed E-state index contributed by atoms with van der Waals surface area (Å²) in [5, 5.41) is 6.84. The van der Waals surface area contributed by atoms with Crippen LogP contribution in [0.3, 0.4) is 0 Å². The third kappa shape index (κ3) is 3.31. The van der Waals surface area contributed by atoms with Gasteiger partial charge in [-0.25, -0.2) is 0 Å². The van der Waals surface area contributed by atoms with E-state index in [1.54, 1.807) is 6.07 Å². The quantitative estimate of drug-likeness (QED) is 0.888. The molecule has 0 unspecified atom stereocenters. The Morgan fingerprint density at radius 2 is 1.91 bits per heavy atom. The molecule has 0 spiro atoms. The highest BCUT2D eigenvalue weighted by Gasteiger charge is 2.27. The van der Waals surface area contributed by atoms with Crippen LogP contribution < -0.4 is 5.73 Å². The Morgan fingerprint density at radius 1 is 1.23 bits per heavy atom. The van der Waals surface area contributed by atoms with Crippen molar-refractivity contribution in [2.75, 3.05) is 13.1 Å². The molecule has 3 N–H and O–H groups in total. The standard InChI is InChI=1S/C16H24N4O2/c17-16(22)14-10-13(18-19-14)12-5-7-20(8-6-12)15(21)9-11-3-1-2-4-11/h10-12H,1-9H2,(H2,17,22)(H,18,19). The summed E-state index contributed by atoms with van der Waals surface area (Å²) in [4.78, 5) is 25.4. The molecule has 0 bridgehead atoms. The van der Waals surface area contributed by atoms with Crippen LogP contribution in [0, 0.1) is 5.92 Å². The number of aromatic nitrogens is 2. The molecule has 1 aromatic rings. The van der Waals surface area contributed by atoms with Crippen LogP contribution in [0.1, 0.15) is 67.0 Å². The molecule has 6 nitrogen and oxygen atoms in total. The third-order valence-corrected chi connectivity index (χ3v) is 5.08. The fourth-order valence-electron chi connectivity index (χ4n) is 3.70. The van der Waals surface area contributed by atoms with E-state index in [0.29, 0.717) is 17.7 Å². The minimum absolute atomic E-state index is 0.287. The maximum atomic E-state index is 12.3. The fourth-order valence-corrected chi connectivity index (χ4v) is 3.70. The van der Waals surface area contributed by atoms with E-state index in [0.717, 1.165) is 38.0 Å². The smallest absolute Gasteiger partial charge is 0.269 e. The second-order valence-corrected chi connectivity index (χ2v) is 6.58. The van der Waals surface area contributed by atoms with Crippen LogP contribution in [-0.4, -0.2) is 40.0 Å². The number of nitrogens with two attached hydrogens (primary N) is 1. The van der Waals surface area contributed by atoms with E-state index < -0.39 is 5.91 Å². The zero-order valence-corrected chi connectivity index (χ0v) is 12.9. The lowest BCUT2D eigenvalue weighted by Crippen LogP contribution is -2.38. The number of hydrogen-bond donors (Lipinski definition) is 2. The molecule has 3 rings (SSSR count). The number of carbonyl (C=O) groups is 2. The van der Waals surface area contributed by atoms with Gasteiger partial charge in [0.05, 0.1) is 0 Å². The Balaban J connectivity index is 1.50. The molecule has 2 heterocycles. The van der Waals surface area contributed by atoms with Gasteiger partial charge in [0.15, 0.2) is 0 Å². The molecule has 1 aromatic heterocycles. The lowest BCUT2D eigenvalue weighted by molar-refractivity contribution is -0.133. The largest absolute Gasteiger partial charge is 0.364 e. The van der Waals surface area contributed by atoms with Gasteiger partial charge in [0.1, 0.15) is 5.69 Å². The third-order valence-electron chi connectivity index (χ3n) is 5.08. The van der Waals surface area contributed by atoms with E-state index in [4.69, 9.17) is 5.73 Å². The van der Waals surface area contributed by atoms with Gasteiger partial charge < -0.3 is 10.6 Å². The van der Waals surface area contributed by atoms with Crippen molar-refractivity contribution in [2.24, 2.45) is 11.7 Å². The van der Waals surface area contributed by atoms with Crippen LogP contribution in [0.2, 0.25) is 0 Å². The first-order chi connectivity index (χ1) is 10.6. The topological polar surface area (TPSA) is 92.1 Å². The average Bonchev–Trinajstić information content (AvgIpc) is 3.18. The molecule has 2 aliphatic rings. The molecule has 120 valence electrons. The van der Waals surface area contributed by atoms with Gasteiger partial charge in [0.25, 0.3) is 5.91 Å². The monoisotopic (exact) mass is 304 g/mol. The first-order valence-corrected chi connectivity index (χ1v) is 8.26. The molecule has 22 heavy (non-hydrogen) atoms. The van der Waals surface area contributed by atoms with E-state index in [1.165, 1.54) is 25.7 Å². The molecule has 0 radical (unpaired) electrons. The van der Waals surface area contributed by atoms with Gasteiger partial charge in [-0.05, 0) is 37.7 Å². The Bertz CT molecular complexity index is 540. The van der Waals surface area contributed by atoms with Crippen LogP contribution in [0.15, 0.2) is 6.07 Å². The van der Waals surface area contributed by atoms with Crippen LogP contribution in [0.5, 0.6) is 0 Å². The minimum Gasteiger partial charge on any atom is -0.364 e. The number of hydrogen-bond acceptors (Lipinski definition) is 3. The first kappa shape index (κ1) is 15.1. The maximum absolute atomic E-state index is 12.3. The summed E-state index contributed by atoms with van der Waals surface area (Å²) in [6.07, 6.45) is 7.54. The highest BCUT2D eigenvalue weighted by molar-refractivity contribution is 5.90. The summed E-state index contributed by atoms with van der Waals surface area (Å²) >= 11 is 0. The van der Waals surface area contributed by atoms with E-state index in [2.05, 4.69) is 10.2 Å². The van der Waals surface area contributed by atoms with Crippen LogP contribution in [0.25, 0.3) is 0 Å². The van der Waals surface area contributed by atoms with Crippen molar-refractivity contribution in [3.8, 4) is 0 Å². The van der Waals surface area contributed by atoms with Gasteiger partial charge in [0.2, 0.25) is 5.91 Å². The average molecular weight is 304 g/mol. The lowest BCUT2D eigenvalue weighted by Gasteiger charge is -2.32. The van der Waals surface area contributed by atoms with Gasteiger partial charge in [-0.2, -0.15) is 5.10 Å². The van der Waals surface area contributed by atoms with Crippen LogP contribution in [-0.2, 0) is 4.79 Å². The Kier molecular flexibility index (Phi) is 4.45. The molecular formula is C16H24N4O2. The Morgan fingerprint density at radius 3 is 2.50 bits per heavy atom. The predicted molar refractivity (Wildman–Crippen MR) is 82.2 cm³/mol. The van der Waals surface area contributed by atoms with Crippen molar-refractivity contribution < 1.29 is 9.59 Å². The summed E-state index contributed by atoms with van der Waals surface area (Å²) in [6, 6.07) is 1.74. The molecular weight excluding hydrogens is 280 g/mol. The summed E-state index contributed by atoms with van der Waals surface area (Å²) in [5.74, 6) is 0.742. The van der Waals surface area contributed by atoms with Crippen LogP contribution >= 0.6 is 0 Å². The molecule has 1 saturated heterocycles. The highest BCUT2D eigenvalue weighted by Crippen LogP contribution is 2.30.